The van der Waals surface area contributed by atoms with Crippen molar-refractivity contribution in [3.63, 3.8) is 0 Å². The Morgan fingerprint density at radius 1 is 1.07 bits per heavy atom. The number of aliphatic hydroxyl groups is 1. The second-order valence-electron chi connectivity index (χ2n) is 7.65. The monoisotopic (exact) mass is 416 g/mol. The van der Waals surface area contributed by atoms with Gasteiger partial charge in [0.2, 0.25) is 0 Å². The van der Waals surface area contributed by atoms with E-state index in [2.05, 4.69) is 34.6 Å². The number of benzene rings is 1. The lowest BCUT2D eigenvalue weighted by Gasteiger charge is -2.21. The summed E-state index contributed by atoms with van der Waals surface area (Å²) in [5, 5.41) is 14.3. The van der Waals surface area contributed by atoms with Gasteiger partial charge in [0.25, 0.3) is 0 Å². The number of nitrogens with one attached hydrogen (secondary N) is 1. The van der Waals surface area contributed by atoms with Crippen molar-refractivity contribution in [1.82, 2.24) is 15.0 Å². The first kappa shape index (κ1) is 19.2. The van der Waals surface area contributed by atoms with Gasteiger partial charge in [-0.15, -0.1) is 11.3 Å². The molecular weight excluding hydrogens is 392 g/mol. The van der Waals surface area contributed by atoms with Crippen molar-refractivity contribution in [2.24, 2.45) is 0 Å². The minimum absolute atomic E-state index is 0.0788. The Balaban J connectivity index is 1.62. The van der Waals surface area contributed by atoms with E-state index in [1.807, 2.05) is 24.4 Å². The van der Waals surface area contributed by atoms with Gasteiger partial charge in [-0.05, 0) is 55.4 Å². The number of thiophene rings is 1. The molecule has 0 saturated heterocycles. The number of fused-ring (bicyclic) bond motifs is 3. The molecule has 1 aliphatic rings. The largest absolute Gasteiger partial charge is 0.396 e. The number of aromatic nitrogens is 3. The summed E-state index contributed by atoms with van der Waals surface area (Å²) in [5.41, 5.74) is 3.53. The van der Waals surface area contributed by atoms with E-state index in [9.17, 15) is 5.11 Å². The Morgan fingerprint density at radius 2 is 1.97 bits per heavy atom. The second kappa shape index (κ2) is 8.50. The lowest BCUT2D eigenvalue weighted by atomic mass is 10.0. The standard InChI is InChI=1S/C24H24N4OS/c29-14-6-11-19(16-7-2-1-3-8-16)26-23-21-18-10-4-12-20(18)30-24(21)28-22(27-23)17-9-5-13-25-15-17/h1-3,5,7-9,13,15,19,29H,4,6,10-12,14H2,(H,26,27,28). The molecule has 1 atom stereocenters. The average molecular weight is 417 g/mol. The van der Waals surface area contributed by atoms with E-state index in [1.54, 1.807) is 17.5 Å². The molecule has 0 amide bonds. The Labute approximate surface area is 179 Å². The first-order valence-electron chi connectivity index (χ1n) is 10.5. The summed E-state index contributed by atoms with van der Waals surface area (Å²) in [7, 11) is 0. The van der Waals surface area contributed by atoms with Crippen molar-refractivity contribution < 1.29 is 5.11 Å². The molecular formula is C24H24N4OS. The summed E-state index contributed by atoms with van der Waals surface area (Å²) in [5.74, 6) is 1.59. The van der Waals surface area contributed by atoms with Crippen LogP contribution in [0.3, 0.4) is 0 Å². The smallest absolute Gasteiger partial charge is 0.164 e. The molecule has 2 N–H and O–H groups in total. The van der Waals surface area contributed by atoms with Gasteiger partial charge in [0, 0.05) is 29.4 Å². The second-order valence-corrected chi connectivity index (χ2v) is 8.73. The fourth-order valence-corrected chi connectivity index (χ4v) is 5.45. The number of nitrogens with zero attached hydrogens (tertiary/aromatic N) is 3. The predicted molar refractivity (Wildman–Crippen MR) is 122 cm³/mol. The molecule has 1 aliphatic carbocycles. The number of pyridine rings is 1. The quantitative estimate of drug-likeness (QED) is 0.435. The molecule has 5 rings (SSSR count). The third kappa shape index (κ3) is 3.68. The van der Waals surface area contributed by atoms with Crippen LogP contribution in [0.25, 0.3) is 21.6 Å². The van der Waals surface area contributed by atoms with Crippen LogP contribution < -0.4 is 5.32 Å². The van der Waals surface area contributed by atoms with Crippen molar-refractivity contribution in [2.75, 3.05) is 11.9 Å². The Hall–Kier alpha value is -2.83. The van der Waals surface area contributed by atoms with Crippen LogP contribution in [-0.4, -0.2) is 26.7 Å². The minimum Gasteiger partial charge on any atom is -0.396 e. The third-order valence-electron chi connectivity index (χ3n) is 5.65. The van der Waals surface area contributed by atoms with Gasteiger partial charge < -0.3 is 10.4 Å². The van der Waals surface area contributed by atoms with E-state index in [1.165, 1.54) is 27.8 Å². The van der Waals surface area contributed by atoms with Crippen molar-refractivity contribution in [3.8, 4) is 11.4 Å². The first-order chi connectivity index (χ1) is 14.8. The highest BCUT2D eigenvalue weighted by atomic mass is 32.1. The van der Waals surface area contributed by atoms with Crippen molar-refractivity contribution in [2.45, 2.75) is 38.1 Å². The van der Waals surface area contributed by atoms with Crippen LogP contribution >= 0.6 is 11.3 Å². The van der Waals surface area contributed by atoms with Crippen LogP contribution in [0.1, 0.15) is 41.3 Å². The molecule has 152 valence electrons. The van der Waals surface area contributed by atoms with Crippen LogP contribution in [-0.2, 0) is 12.8 Å². The average Bonchev–Trinajstić information content (AvgIpc) is 3.38. The van der Waals surface area contributed by atoms with Gasteiger partial charge >= 0.3 is 0 Å². The SMILES string of the molecule is OCCCC(Nc1nc(-c2cccnc2)nc2sc3c(c12)CCC3)c1ccccc1. The number of hydrogen-bond donors (Lipinski definition) is 2. The number of aryl methyl sites for hydroxylation is 2. The van der Waals surface area contributed by atoms with Crippen LogP contribution in [0.5, 0.6) is 0 Å². The number of aliphatic hydroxyl groups excluding tert-OH is 1. The maximum atomic E-state index is 9.43. The molecule has 0 saturated carbocycles. The zero-order valence-corrected chi connectivity index (χ0v) is 17.5. The maximum Gasteiger partial charge on any atom is 0.164 e. The highest BCUT2D eigenvalue weighted by Gasteiger charge is 2.24. The first-order valence-corrected chi connectivity index (χ1v) is 11.3. The summed E-state index contributed by atoms with van der Waals surface area (Å²) < 4.78 is 0. The molecule has 4 aromatic rings. The van der Waals surface area contributed by atoms with E-state index < -0.39 is 0 Å². The predicted octanol–water partition coefficient (Wildman–Crippen LogP) is 5.17. The van der Waals surface area contributed by atoms with Gasteiger partial charge in [-0.3, -0.25) is 4.98 Å². The summed E-state index contributed by atoms with van der Waals surface area (Å²) in [6.07, 6.45) is 8.57. The highest BCUT2D eigenvalue weighted by Crippen LogP contribution is 2.41. The van der Waals surface area contributed by atoms with Gasteiger partial charge in [0.1, 0.15) is 10.6 Å². The summed E-state index contributed by atoms with van der Waals surface area (Å²) >= 11 is 1.80. The van der Waals surface area contributed by atoms with Crippen molar-refractivity contribution in [3.05, 3.63) is 70.9 Å². The van der Waals surface area contributed by atoms with Crippen LogP contribution in [0.4, 0.5) is 5.82 Å². The summed E-state index contributed by atoms with van der Waals surface area (Å²) in [6.45, 7) is 0.180. The molecule has 3 aromatic heterocycles. The highest BCUT2D eigenvalue weighted by molar-refractivity contribution is 7.19. The fourth-order valence-electron chi connectivity index (χ4n) is 4.19. The number of anilines is 1. The molecule has 0 bridgehead atoms. The van der Waals surface area contributed by atoms with Crippen LogP contribution in [0.15, 0.2) is 54.9 Å². The Kier molecular flexibility index (Phi) is 5.43. The van der Waals surface area contributed by atoms with E-state index in [-0.39, 0.29) is 12.6 Å². The van der Waals surface area contributed by atoms with Crippen LogP contribution in [0.2, 0.25) is 0 Å². The van der Waals surface area contributed by atoms with Gasteiger partial charge in [-0.2, -0.15) is 0 Å². The Bertz CT molecular complexity index is 1140. The zero-order valence-electron chi connectivity index (χ0n) is 16.7. The third-order valence-corrected chi connectivity index (χ3v) is 6.83. The van der Waals surface area contributed by atoms with E-state index in [0.717, 1.165) is 41.9 Å². The van der Waals surface area contributed by atoms with Gasteiger partial charge in [-0.25, -0.2) is 9.97 Å². The molecule has 0 fully saturated rings. The zero-order chi connectivity index (χ0) is 20.3. The molecule has 30 heavy (non-hydrogen) atoms. The minimum atomic E-state index is 0.0788. The summed E-state index contributed by atoms with van der Waals surface area (Å²) in [4.78, 5) is 16.6. The molecule has 5 nitrogen and oxygen atoms in total. The lowest BCUT2D eigenvalue weighted by Crippen LogP contribution is -2.13. The normalized spacial score (nSPS) is 14.0. The maximum absolute atomic E-state index is 9.43. The molecule has 3 heterocycles. The van der Waals surface area contributed by atoms with Gasteiger partial charge in [0.05, 0.1) is 11.4 Å². The van der Waals surface area contributed by atoms with Crippen LogP contribution in [0, 0.1) is 0 Å². The van der Waals surface area contributed by atoms with Gasteiger partial charge in [-0.1, -0.05) is 30.3 Å². The molecule has 1 unspecified atom stereocenters. The van der Waals surface area contributed by atoms with E-state index >= 15 is 0 Å². The molecule has 0 radical (unpaired) electrons. The van der Waals surface area contributed by atoms with E-state index in [4.69, 9.17) is 9.97 Å². The topological polar surface area (TPSA) is 70.9 Å². The molecule has 6 heteroatoms. The lowest BCUT2D eigenvalue weighted by molar-refractivity contribution is 0.281. The number of hydrogen-bond acceptors (Lipinski definition) is 6. The molecule has 0 aliphatic heterocycles. The fraction of sp³-hybridized carbons (Fsp3) is 0.292. The van der Waals surface area contributed by atoms with E-state index in [0.29, 0.717) is 5.82 Å². The molecule has 0 spiro atoms. The van der Waals surface area contributed by atoms with Crippen molar-refractivity contribution >= 4 is 27.4 Å². The number of rotatable bonds is 7. The summed E-state index contributed by atoms with van der Waals surface area (Å²) in [6, 6.07) is 14.4. The molecule has 1 aromatic carbocycles. The Morgan fingerprint density at radius 3 is 2.77 bits per heavy atom. The van der Waals surface area contributed by atoms with Crippen molar-refractivity contribution in [1.29, 1.82) is 0 Å². The van der Waals surface area contributed by atoms with Gasteiger partial charge in [0.15, 0.2) is 5.82 Å².